The standard InChI is InChI=1S/C11H14N2S/c1-2-6-10-9(5-1)12-11(14-10)13-7-3-4-8-13/h3-4,7-10H,1-2,5-6H2/t9-,10+/m0/s1. The highest BCUT2D eigenvalue weighted by molar-refractivity contribution is 8.14. The molecule has 0 unspecified atom stereocenters. The Bertz CT molecular complexity index is 342. The molecule has 3 rings (SSSR count). The molecular weight excluding hydrogens is 192 g/mol. The maximum absolute atomic E-state index is 4.80. The number of fused-ring (bicyclic) bond motifs is 1. The van der Waals surface area contributed by atoms with E-state index in [4.69, 9.17) is 4.99 Å². The molecule has 0 amide bonds. The molecule has 2 heterocycles. The van der Waals surface area contributed by atoms with Gasteiger partial charge < -0.3 is 4.57 Å². The zero-order valence-electron chi connectivity index (χ0n) is 8.10. The largest absolute Gasteiger partial charge is 0.303 e. The van der Waals surface area contributed by atoms with Crippen LogP contribution in [0.3, 0.4) is 0 Å². The van der Waals surface area contributed by atoms with Crippen molar-refractivity contribution in [3.8, 4) is 0 Å². The van der Waals surface area contributed by atoms with Crippen LogP contribution >= 0.6 is 11.8 Å². The molecule has 3 heteroatoms. The highest BCUT2D eigenvalue weighted by Crippen LogP contribution is 2.37. The van der Waals surface area contributed by atoms with E-state index in [-0.39, 0.29) is 0 Å². The lowest BCUT2D eigenvalue weighted by molar-refractivity contribution is 0.461. The number of thioether (sulfide) groups is 1. The topological polar surface area (TPSA) is 17.3 Å². The van der Waals surface area contributed by atoms with Gasteiger partial charge in [0.05, 0.1) is 6.04 Å². The molecule has 0 radical (unpaired) electrons. The van der Waals surface area contributed by atoms with E-state index in [9.17, 15) is 0 Å². The molecule has 1 aliphatic carbocycles. The minimum absolute atomic E-state index is 0.603. The Labute approximate surface area is 88.4 Å². The van der Waals surface area contributed by atoms with Gasteiger partial charge in [0.2, 0.25) is 0 Å². The Morgan fingerprint density at radius 3 is 2.79 bits per heavy atom. The zero-order chi connectivity index (χ0) is 9.38. The number of aliphatic imine (C=N–C) groups is 1. The molecule has 1 saturated carbocycles. The van der Waals surface area contributed by atoms with Gasteiger partial charge in [0.1, 0.15) is 0 Å². The fourth-order valence-electron chi connectivity index (χ4n) is 2.26. The predicted molar refractivity (Wildman–Crippen MR) is 60.9 cm³/mol. The molecular formula is C11H14N2S. The number of nitrogens with zero attached hydrogens (tertiary/aromatic N) is 2. The van der Waals surface area contributed by atoms with E-state index in [1.807, 2.05) is 11.8 Å². The van der Waals surface area contributed by atoms with E-state index in [1.54, 1.807) is 0 Å². The van der Waals surface area contributed by atoms with Gasteiger partial charge in [0.15, 0.2) is 5.17 Å². The zero-order valence-corrected chi connectivity index (χ0v) is 8.91. The van der Waals surface area contributed by atoms with E-state index in [1.165, 1.54) is 30.9 Å². The summed E-state index contributed by atoms with van der Waals surface area (Å²) in [6.07, 6.45) is 9.57. The van der Waals surface area contributed by atoms with E-state index in [0.717, 1.165) is 5.25 Å². The van der Waals surface area contributed by atoms with Gasteiger partial charge in [0, 0.05) is 17.6 Å². The molecule has 0 bridgehead atoms. The van der Waals surface area contributed by atoms with Crippen LogP contribution in [-0.2, 0) is 0 Å². The van der Waals surface area contributed by atoms with Crippen LogP contribution in [0.5, 0.6) is 0 Å². The molecule has 1 aromatic rings. The summed E-state index contributed by atoms with van der Waals surface area (Å²) >= 11 is 1.97. The van der Waals surface area contributed by atoms with Crippen molar-refractivity contribution in [1.82, 2.24) is 4.57 Å². The SMILES string of the molecule is c1ccn(C2=N[C@H]3CCCC[C@H]3S2)c1. The van der Waals surface area contributed by atoms with E-state index in [0.29, 0.717) is 6.04 Å². The summed E-state index contributed by atoms with van der Waals surface area (Å²) in [5, 5.41) is 1.97. The Kier molecular flexibility index (Phi) is 2.13. The van der Waals surface area contributed by atoms with Gasteiger partial charge in [-0.15, -0.1) is 0 Å². The van der Waals surface area contributed by atoms with Crippen LogP contribution in [0.4, 0.5) is 0 Å². The molecule has 2 atom stereocenters. The molecule has 0 aromatic carbocycles. The molecule has 2 aliphatic rings. The minimum atomic E-state index is 0.603. The van der Waals surface area contributed by atoms with Crippen molar-refractivity contribution >= 4 is 16.9 Å². The summed E-state index contributed by atoms with van der Waals surface area (Å²) in [7, 11) is 0. The van der Waals surface area contributed by atoms with Crippen molar-refractivity contribution in [2.75, 3.05) is 0 Å². The van der Waals surface area contributed by atoms with Crippen molar-refractivity contribution < 1.29 is 0 Å². The van der Waals surface area contributed by atoms with Gasteiger partial charge in [0.25, 0.3) is 0 Å². The average molecular weight is 206 g/mol. The lowest BCUT2D eigenvalue weighted by Gasteiger charge is -2.21. The molecule has 0 spiro atoms. The summed E-state index contributed by atoms with van der Waals surface area (Å²) in [5.74, 6) is 0. The van der Waals surface area contributed by atoms with Crippen molar-refractivity contribution in [3.63, 3.8) is 0 Å². The van der Waals surface area contributed by atoms with Crippen LogP contribution in [0.2, 0.25) is 0 Å². The molecule has 1 aromatic heterocycles. The Morgan fingerprint density at radius 1 is 1.21 bits per heavy atom. The Balaban J connectivity index is 1.83. The van der Waals surface area contributed by atoms with Crippen LogP contribution in [-0.4, -0.2) is 21.0 Å². The van der Waals surface area contributed by atoms with Crippen LogP contribution in [0.25, 0.3) is 0 Å². The first-order valence-corrected chi connectivity index (χ1v) is 6.19. The predicted octanol–water partition coefficient (Wildman–Crippen LogP) is 2.75. The highest BCUT2D eigenvalue weighted by atomic mass is 32.2. The fourth-order valence-corrected chi connectivity index (χ4v) is 3.61. The van der Waals surface area contributed by atoms with Gasteiger partial charge in [-0.1, -0.05) is 24.6 Å². The molecule has 2 nitrogen and oxygen atoms in total. The fraction of sp³-hybridized carbons (Fsp3) is 0.545. The molecule has 0 N–H and O–H groups in total. The molecule has 0 saturated heterocycles. The van der Waals surface area contributed by atoms with Gasteiger partial charge in [-0.2, -0.15) is 0 Å². The van der Waals surface area contributed by atoms with Crippen molar-refractivity contribution in [2.24, 2.45) is 4.99 Å². The average Bonchev–Trinajstić information content (AvgIpc) is 2.86. The third kappa shape index (κ3) is 1.40. The second-order valence-corrected chi connectivity index (χ2v) is 5.22. The maximum atomic E-state index is 4.80. The molecule has 14 heavy (non-hydrogen) atoms. The number of hydrogen-bond donors (Lipinski definition) is 0. The number of aromatic nitrogens is 1. The molecule has 1 aliphatic heterocycles. The number of hydrogen-bond acceptors (Lipinski definition) is 2. The third-order valence-electron chi connectivity index (χ3n) is 3.03. The van der Waals surface area contributed by atoms with Crippen molar-refractivity contribution in [1.29, 1.82) is 0 Å². The first-order chi connectivity index (χ1) is 6.93. The van der Waals surface area contributed by atoms with Gasteiger partial charge in [-0.25, -0.2) is 0 Å². The van der Waals surface area contributed by atoms with E-state index >= 15 is 0 Å². The summed E-state index contributed by atoms with van der Waals surface area (Å²) in [6.45, 7) is 0. The Hall–Kier alpha value is -0.700. The lowest BCUT2D eigenvalue weighted by atomic mass is 9.96. The highest BCUT2D eigenvalue weighted by Gasteiger charge is 2.32. The molecule has 1 fully saturated rings. The maximum Gasteiger partial charge on any atom is 0.168 e. The van der Waals surface area contributed by atoms with Crippen molar-refractivity contribution in [3.05, 3.63) is 24.5 Å². The minimum Gasteiger partial charge on any atom is -0.303 e. The van der Waals surface area contributed by atoms with Gasteiger partial charge >= 0.3 is 0 Å². The second kappa shape index (κ2) is 3.46. The van der Waals surface area contributed by atoms with Gasteiger partial charge in [-0.05, 0) is 25.0 Å². The first kappa shape index (κ1) is 8.60. The van der Waals surface area contributed by atoms with E-state index in [2.05, 4.69) is 29.1 Å². The van der Waals surface area contributed by atoms with Crippen LogP contribution in [0.15, 0.2) is 29.5 Å². The van der Waals surface area contributed by atoms with Crippen LogP contribution in [0.1, 0.15) is 25.7 Å². The molecule has 74 valence electrons. The monoisotopic (exact) mass is 206 g/mol. The first-order valence-electron chi connectivity index (χ1n) is 5.31. The lowest BCUT2D eigenvalue weighted by Crippen LogP contribution is -2.21. The van der Waals surface area contributed by atoms with Gasteiger partial charge in [-0.3, -0.25) is 4.99 Å². The summed E-state index contributed by atoms with van der Waals surface area (Å²) in [4.78, 5) is 4.80. The Morgan fingerprint density at radius 2 is 2.00 bits per heavy atom. The summed E-state index contributed by atoms with van der Waals surface area (Å²) in [6, 6.07) is 4.72. The third-order valence-corrected chi connectivity index (χ3v) is 4.41. The van der Waals surface area contributed by atoms with Crippen molar-refractivity contribution in [2.45, 2.75) is 37.0 Å². The second-order valence-electron chi connectivity index (χ2n) is 4.01. The smallest absolute Gasteiger partial charge is 0.168 e. The van der Waals surface area contributed by atoms with E-state index < -0.39 is 0 Å². The van der Waals surface area contributed by atoms with Crippen LogP contribution < -0.4 is 0 Å². The van der Waals surface area contributed by atoms with Crippen LogP contribution in [0, 0.1) is 0 Å². The quantitative estimate of drug-likeness (QED) is 0.638. The summed E-state index contributed by atoms with van der Waals surface area (Å²) < 4.78 is 2.14. The number of rotatable bonds is 0. The normalized spacial score (nSPS) is 31.3. The summed E-state index contributed by atoms with van der Waals surface area (Å²) in [5.41, 5.74) is 0.